The molecule has 1 amide bonds. The van der Waals surface area contributed by atoms with E-state index in [2.05, 4.69) is 9.59 Å². The minimum absolute atomic E-state index is 0.0796. The van der Waals surface area contributed by atoms with Crippen molar-refractivity contribution in [1.82, 2.24) is 14.5 Å². The van der Waals surface area contributed by atoms with Crippen molar-refractivity contribution in [3.63, 3.8) is 0 Å². The highest BCUT2D eigenvalue weighted by molar-refractivity contribution is 7.03. The smallest absolute Gasteiger partial charge is 0.244 e. The van der Waals surface area contributed by atoms with Crippen LogP contribution in [0.5, 0.6) is 11.5 Å². The van der Waals surface area contributed by atoms with E-state index < -0.39 is 0 Å². The summed E-state index contributed by atoms with van der Waals surface area (Å²) < 4.78 is 14.5. The molecule has 24 heavy (non-hydrogen) atoms. The molecule has 1 aliphatic rings. The third-order valence-corrected chi connectivity index (χ3v) is 4.73. The van der Waals surface area contributed by atoms with Gasteiger partial charge in [-0.2, -0.15) is 0 Å². The predicted molar refractivity (Wildman–Crippen MR) is 91.7 cm³/mol. The van der Waals surface area contributed by atoms with Gasteiger partial charge in [0.1, 0.15) is 11.5 Å². The lowest BCUT2D eigenvalue weighted by atomic mass is 10.2. The van der Waals surface area contributed by atoms with Crippen LogP contribution >= 0.6 is 11.5 Å². The summed E-state index contributed by atoms with van der Waals surface area (Å²) >= 11 is 1.32. The number of benzene rings is 1. The van der Waals surface area contributed by atoms with E-state index in [0.717, 1.165) is 17.8 Å². The van der Waals surface area contributed by atoms with Gasteiger partial charge in [-0.05, 0) is 25.0 Å². The van der Waals surface area contributed by atoms with Crippen LogP contribution in [0.1, 0.15) is 12.1 Å². The van der Waals surface area contributed by atoms with Gasteiger partial charge in [-0.1, -0.05) is 4.49 Å². The molecule has 0 spiro atoms. The molecule has 8 heteroatoms. The molecule has 1 aromatic carbocycles. The summed E-state index contributed by atoms with van der Waals surface area (Å²) in [5.74, 6) is 1.42. The van der Waals surface area contributed by atoms with E-state index in [-0.39, 0.29) is 11.9 Å². The fraction of sp³-hybridized carbons (Fsp3) is 0.438. The number of hydrogen-bond acceptors (Lipinski definition) is 7. The molecule has 1 atom stereocenters. The van der Waals surface area contributed by atoms with Crippen LogP contribution in [0.4, 0.5) is 5.69 Å². The van der Waals surface area contributed by atoms with Crippen molar-refractivity contribution in [2.75, 3.05) is 32.7 Å². The number of methoxy groups -OCH3 is 2. The largest absolute Gasteiger partial charge is 0.497 e. The number of ether oxygens (including phenoxy) is 2. The first-order valence-electron chi connectivity index (χ1n) is 7.63. The number of rotatable bonds is 6. The Bertz CT molecular complexity index is 685. The van der Waals surface area contributed by atoms with Crippen molar-refractivity contribution in [3.8, 4) is 11.5 Å². The van der Waals surface area contributed by atoms with E-state index in [1.807, 2.05) is 29.5 Å². The molecule has 2 aromatic rings. The summed E-state index contributed by atoms with van der Waals surface area (Å²) in [6.07, 6.45) is 0.770. The molecule has 2 heterocycles. The van der Waals surface area contributed by atoms with Gasteiger partial charge in [-0.15, -0.1) is 5.10 Å². The maximum absolute atomic E-state index is 12.8. The summed E-state index contributed by atoms with van der Waals surface area (Å²) in [5.41, 5.74) is 1.68. The number of amides is 1. The number of anilines is 1. The minimum Gasteiger partial charge on any atom is -0.497 e. The zero-order valence-electron chi connectivity index (χ0n) is 13.9. The van der Waals surface area contributed by atoms with E-state index in [9.17, 15) is 4.79 Å². The second-order valence-corrected chi connectivity index (χ2v) is 6.29. The average Bonchev–Trinajstić information content (AvgIpc) is 3.23. The lowest BCUT2D eigenvalue weighted by molar-refractivity contribution is -0.121. The first kappa shape index (κ1) is 16.7. The predicted octanol–water partition coefficient (Wildman–Crippen LogP) is 1.79. The number of nitrogens with zero attached hydrogens (tertiary/aromatic N) is 4. The highest BCUT2D eigenvalue weighted by Crippen LogP contribution is 2.31. The topological polar surface area (TPSA) is 67.8 Å². The van der Waals surface area contributed by atoms with E-state index in [1.54, 1.807) is 25.2 Å². The Morgan fingerprint density at radius 3 is 2.58 bits per heavy atom. The van der Waals surface area contributed by atoms with Crippen LogP contribution in [0.3, 0.4) is 0 Å². The van der Waals surface area contributed by atoms with Crippen molar-refractivity contribution in [2.24, 2.45) is 0 Å². The lowest BCUT2D eigenvalue weighted by Gasteiger charge is -2.23. The van der Waals surface area contributed by atoms with Gasteiger partial charge in [0, 0.05) is 36.7 Å². The van der Waals surface area contributed by atoms with Gasteiger partial charge >= 0.3 is 0 Å². The van der Waals surface area contributed by atoms with Gasteiger partial charge in [0.25, 0.3) is 0 Å². The van der Waals surface area contributed by atoms with E-state index in [0.29, 0.717) is 24.6 Å². The fourth-order valence-corrected chi connectivity index (χ4v) is 3.34. The Morgan fingerprint density at radius 2 is 2.00 bits per heavy atom. The van der Waals surface area contributed by atoms with Crippen molar-refractivity contribution < 1.29 is 14.3 Å². The second-order valence-electron chi connectivity index (χ2n) is 5.68. The van der Waals surface area contributed by atoms with Gasteiger partial charge in [0.15, 0.2) is 0 Å². The van der Waals surface area contributed by atoms with Crippen LogP contribution in [0.2, 0.25) is 0 Å². The van der Waals surface area contributed by atoms with Crippen LogP contribution in [0.15, 0.2) is 23.6 Å². The highest BCUT2D eigenvalue weighted by Gasteiger charge is 2.35. The monoisotopic (exact) mass is 348 g/mol. The molecule has 0 aliphatic carbocycles. The number of hydrogen-bond donors (Lipinski definition) is 0. The summed E-state index contributed by atoms with van der Waals surface area (Å²) in [5, 5.41) is 5.95. The molecule has 1 fully saturated rings. The first-order valence-corrected chi connectivity index (χ1v) is 8.46. The molecule has 0 unspecified atom stereocenters. The van der Waals surface area contributed by atoms with E-state index in [4.69, 9.17) is 9.47 Å². The number of carbonyl (C=O) groups is 1. The van der Waals surface area contributed by atoms with Crippen LogP contribution in [-0.2, 0) is 11.3 Å². The minimum atomic E-state index is -0.163. The summed E-state index contributed by atoms with van der Waals surface area (Å²) in [6.45, 7) is 1.28. The molecule has 1 aliphatic heterocycles. The zero-order chi connectivity index (χ0) is 17.1. The summed E-state index contributed by atoms with van der Waals surface area (Å²) in [7, 11) is 5.14. The number of likely N-dealkylation sites (N-methyl/N-ethyl adjacent to an activating group) is 1. The van der Waals surface area contributed by atoms with Gasteiger partial charge in [0.05, 0.1) is 31.6 Å². The Labute approximate surface area is 144 Å². The SMILES string of the molecule is COc1cc(OC)cc(N2CC[C@H](N(C)Cc3csnn3)C2=O)c1. The van der Waals surface area contributed by atoms with Crippen LogP contribution in [0.25, 0.3) is 0 Å². The van der Waals surface area contributed by atoms with Gasteiger partial charge < -0.3 is 14.4 Å². The molecule has 0 saturated carbocycles. The second kappa shape index (κ2) is 7.14. The normalized spacial score (nSPS) is 17.6. The quantitative estimate of drug-likeness (QED) is 0.793. The molecule has 1 saturated heterocycles. The maximum atomic E-state index is 12.8. The summed E-state index contributed by atoms with van der Waals surface area (Å²) in [4.78, 5) is 16.7. The molecule has 128 valence electrons. The Morgan fingerprint density at radius 1 is 1.29 bits per heavy atom. The van der Waals surface area contributed by atoms with Crippen LogP contribution in [0, 0.1) is 0 Å². The van der Waals surface area contributed by atoms with Crippen molar-refractivity contribution >= 4 is 23.1 Å². The van der Waals surface area contributed by atoms with Crippen molar-refractivity contribution in [2.45, 2.75) is 19.0 Å². The van der Waals surface area contributed by atoms with Gasteiger partial charge in [-0.3, -0.25) is 9.69 Å². The van der Waals surface area contributed by atoms with Crippen LogP contribution in [-0.4, -0.2) is 54.2 Å². The first-order chi connectivity index (χ1) is 11.6. The third-order valence-electron chi connectivity index (χ3n) is 4.17. The molecule has 7 nitrogen and oxygen atoms in total. The van der Waals surface area contributed by atoms with E-state index in [1.165, 1.54) is 11.5 Å². The van der Waals surface area contributed by atoms with Crippen molar-refractivity contribution in [1.29, 1.82) is 0 Å². The molecule has 0 radical (unpaired) electrons. The van der Waals surface area contributed by atoms with Crippen LogP contribution < -0.4 is 14.4 Å². The fourth-order valence-electron chi connectivity index (χ4n) is 2.90. The van der Waals surface area contributed by atoms with Crippen molar-refractivity contribution in [3.05, 3.63) is 29.3 Å². The van der Waals surface area contributed by atoms with E-state index >= 15 is 0 Å². The Hall–Kier alpha value is -2.19. The van der Waals surface area contributed by atoms with Gasteiger partial charge in [-0.25, -0.2) is 0 Å². The molecule has 0 N–H and O–H groups in total. The highest BCUT2D eigenvalue weighted by atomic mass is 32.1. The molecular weight excluding hydrogens is 328 g/mol. The van der Waals surface area contributed by atoms with Gasteiger partial charge in [0.2, 0.25) is 5.91 Å². The molecule has 0 bridgehead atoms. The molecule has 3 rings (SSSR count). The maximum Gasteiger partial charge on any atom is 0.244 e. The molecule has 1 aromatic heterocycles. The Kier molecular flexibility index (Phi) is 4.96. The molecular formula is C16H20N4O3S. The lowest BCUT2D eigenvalue weighted by Crippen LogP contribution is -2.39. The Balaban J connectivity index is 1.76. The average molecular weight is 348 g/mol. The standard InChI is InChI=1S/C16H20N4O3S/c1-19(9-11-10-24-18-17-11)15-4-5-20(16(15)21)12-6-13(22-2)8-14(7-12)23-3/h6-8,10,15H,4-5,9H2,1-3H3/t15-/m0/s1. The summed E-state index contributed by atoms with van der Waals surface area (Å²) in [6, 6.07) is 5.34. The number of aromatic nitrogens is 2. The third kappa shape index (κ3) is 3.34. The number of carbonyl (C=O) groups excluding carboxylic acids is 1. The zero-order valence-corrected chi connectivity index (χ0v) is 14.7.